The Kier molecular flexibility index (Phi) is 6.62. The highest BCUT2D eigenvalue weighted by molar-refractivity contribution is 7.17. The predicted octanol–water partition coefficient (Wildman–Crippen LogP) is 4.81. The first kappa shape index (κ1) is 23.9. The van der Waals surface area contributed by atoms with Gasteiger partial charge >= 0.3 is 0 Å². The summed E-state index contributed by atoms with van der Waals surface area (Å²) in [6.07, 6.45) is 0.908. The molecule has 1 saturated heterocycles. The molecule has 1 aliphatic rings. The van der Waals surface area contributed by atoms with Gasteiger partial charge in [-0.25, -0.2) is 4.98 Å². The highest BCUT2D eigenvalue weighted by Gasteiger charge is 2.43. The molecule has 0 spiro atoms. The lowest BCUT2D eigenvalue weighted by Crippen LogP contribution is -2.57. The second-order valence-electron chi connectivity index (χ2n) is 10.1. The van der Waals surface area contributed by atoms with Gasteiger partial charge < -0.3 is 16.0 Å². The van der Waals surface area contributed by atoms with Crippen LogP contribution < -0.4 is 11.1 Å². The van der Waals surface area contributed by atoms with Crippen molar-refractivity contribution in [3.8, 4) is 11.3 Å². The molecule has 33 heavy (non-hydrogen) atoms. The van der Waals surface area contributed by atoms with Crippen molar-refractivity contribution in [2.45, 2.75) is 59.2 Å². The van der Waals surface area contributed by atoms with Gasteiger partial charge in [-0.05, 0) is 30.7 Å². The molecule has 0 aliphatic carbocycles. The van der Waals surface area contributed by atoms with Crippen LogP contribution >= 0.6 is 22.7 Å². The minimum atomic E-state index is -0.669. The third-order valence-electron chi connectivity index (χ3n) is 6.33. The Balaban J connectivity index is 1.63. The average Bonchev–Trinajstić information content (AvgIpc) is 3.47. The Morgan fingerprint density at radius 3 is 2.64 bits per heavy atom. The number of carbonyl (C=O) groups is 2. The fraction of sp³-hybridized carbons (Fsp3) is 0.480. The molecule has 0 radical (unpaired) electrons. The Hall–Kier alpha value is -2.29. The third-order valence-corrected chi connectivity index (χ3v) is 8.21. The number of rotatable bonds is 5. The van der Waals surface area contributed by atoms with E-state index in [1.54, 1.807) is 29.6 Å². The molecule has 3 heterocycles. The number of thiazole rings is 1. The van der Waals surface area contributed by atoms with Crippen molar-refractivity contribution in [2.24, 2.45) is 17.1 Å². The Morgan fingerprint density at radius 2 is 1.94 bits per heavy atom. The van der Waals surface area contributed by atoms with Crippen LogP contribution in [0.15, 0.2) is 35.0 Å². The highest BCUT2D eigenvalue weighted by atomic mass is 32.1. The molecule has 2 aromatic heterocycles. The van der Waals surface area contributed by atoms with E-state index in [4.69, 9.17) is 10.7 Å². The van der Waals surface area contributed by atoms with Gasteiger partial charge in [0, 0.05) is 33.0 Å². The van der Waals surface area contributed by atoms with Gasteiger partial charge in [0.2, 0.25) is 11.8 Å². The van der Waals surface area contributed by atoms with Crippen LogP contribution in [0.4, 0.5) is 0 Å². The number of nitrogens with one attached hydrogen (secondary N) is 1. The first-order chi connectivity index (χ1) is 15.6. The standard InChI is InChI=1S/C25H32N4O2S2/c1-14-10-11-29(24(31)21(25(3,4)5)28-22(30)15(2)26)20(14)23-27-18(13-33-23)17-12-32-19-9-7-6-8-16(17)19/h6-9,12-15,20-21H,10-11,26H2,1-5H3,(H,28,30)/t14-,15-,20-,21+/m0/s1. The first-order valence-electron chi connectivity index (χ1n) is 11.4. The molecule has 0 saturated carbocycles. The van der Waals surface area contributed by atoms with Crippen LogP contribution in [0, 0.1) is 11.3 Å². The highest BCUT2D eigenvalue weighted by Crippen LogP contribution is 2.42. The van der Waals surface area contributed by atoms with Gasteiger partial charge in [-0.1, -0.05) is 45.9 Å². The van der Waals surface area contributed by atoms with Gasteiger partial charge in [-0.15, -0.1) is 22.7 Å². The molecule has 0 bridgehead atoms. The van der Waals surface area contributed by atoms with Gasteiger partial charge in [0.1, 0.15) is 11.0 Å². The van der Waals surface area contributed by atoms with Gasteiger partial charge in [0.15, 0.2) is 0 Å². The largest absolute Gasteiger partial charge is 0.342 e. The van der Waals surface area contributed by atoms with E-state index in [2.05, 4.69) is 47.3 Å². The molecule has 1 aliphatic heterocycles. The summed E-state index contributed by atoms with van der Waals surface area (Å²) in [5.41, 5.74) is 7.42. The van der Waals surface area contributed by atoms with Gasteiger partial charge in [0.25, 0.3) is 0 Å². The number of amides is 2. The van der Waals surface area contributed by atoms with Crippen LogP contribution in [-0.4, -0.2) is 40.3 Å². The van der Waals surface area contributed by atoms with Crippen molar-refractivity contribution in [1.82, 2.24) is 15.2 Å². The fourth-order valence-electron chi connectivity index (χ4n) is 4.38. The van der Waals surface area contributed by atoms with Crippen molar-refractivity contribution in [2.75, 3.05) is 6.54 Å². The van der Waals surface area contributed by atoms with E-state index in [-0.39, 0.29) is 23.8 Å². The van der Waals surface area contributed by atoms with Gasteiger partial charge in [-0.3, -0.25) is 9.59 Å². The van der Waals surface area contributed by atoms with E-state index in [1.165, 1.54) is 10.1 Å². The second kappa shape index (κ2) is 9.16. The molecular formula is C25H32N4O2S2. The third kappa shape index (κ3) is 4.69. The molecule has 8 heteroatoms. The van der Waals surface area contributed by atoms with Crippen LogP contribution in [0.2, 0.25) is 0 Å². The van der Waals surface area contributed by atoms with Crippen LogP contribution in [0.1, 0.15) is 52.1 Å². The van der Waals surface area contributed by atoms with E-state index in [9.17, 15) is 9.59 Å². The Morgan fingerprint density at radius 1 is 1.21 bits per heavy atom. The van der Waals surface area contributed by atoms with E-state index in [0.717, 1.165) is 22.7 Å². The number of benzene rings is 1. The lowest BCUT2D eigenvalue weighted by molar-refractivity contribution is -0.140. The summed E-state index contributed by atoms with van der Waals surface area (Å²) >= 11 is 3.33. The SMILES string of the molecule is C[C@H](N)C(=O)N[C@H](C(=O)N1CC[C@H](C)[C@H]1c1nc(-c2csc3ccccc23)cs1)C(C)(C)C. The lowest BCUT2D eigenvalue weighted by atomic mass is 9.85. The van der Waals surface area contributed by atoms with Crippen LogP contribution in [0.25, 0.3) is 21.3 Å². The molecule has 3 N–H and O–H groups in total. The smallest absolute Gasteiger partial charge is 0.246 e. The monoisotopic (exact) mass is 484 g/mol. The average molecular weight is 485 g/mol. The van der Waals surface area contributed by atoms with Crippen LogP contribution in [0.5, 0.6) is 0 Å². The van der Waals surface area contributed by atoms with Crippen molar-refractivity contribution < 1.29 is 9.59 Å². The topological polar surface area (TPSA) is 88.3 Å². The quantitative estimate of drug-likeness (QED) is 0.544. The van der Waals surface area contributed by atoms with Gasteiger partial charge in [0.05, 0.1) is 17.8 Å². The van der Waals surface area contributed by atoms with Crippen molar-refractivity contribution in [3.05, 3.63) is 40.0 Å². The zero-order valence-electron chi connectivity index (χ0n) is 19.8. The maximum Gasteiger partial charge on any atom is 0.246 e. The summed E-state index contributed by atoms with van der Waals surface area (Å²) < 4.78 is 1.24. The van der Waals surface area contributed by atoms with Gasteiger partial charge in [-0.2, -0.15) is 0 Å². The Bertz CT molecular complexity index is 1160. The molecule has 4 rings (SSSR count). The normalized spacial score (nSPS) is 20.7. The zero-order valence-corrected chi connectivity index (χ0v) is 21.4. The maximum absolute atomic E-state index is 13.7. The van der Waals surface area contributed by atoms with E-state index >= 15 is 0 Å². The summed E-state index contributed by atoms with van der Waals surface area (Å²) in [5, 5.41) is 9.30. The number of thiophene rings is 1. The molecule has 1 aromatic carbocycles. The number of fused-ring (bicyclic) bond motifs is 1. The summed E-state index contributed by atoms with van der Waals surface area (Å²) in [6, 6.07) is 6.94. The number of carbonyl (C=O) groups excluding carboxylic acids is 2. The molecule has 2 amide bonds. The summed E-state index contributed by atoms with van der Waals surface area (Å²) in [6.45, 7) is 10.4. The number of likely N-dealkylation sites (tertiary alicyclic amines) is 1. The minimum Gasteiger partial charge on any atom is -0.342 e. The fourth-order valence-corrected chi connectivity index (χ4v) is 6.40. The van der Waals surface area contributed by atoms with Crippen LogP contribution in [0.3, 0.4) is 0 Å². The Labute approximate surface area is 203 Å². The summed E-state index contributed by atoms with van der Waals surface area (Å²) in [7, 11) is 0. The number of nitrogens with two attached hydrogens (primary N) is 1. The lowest BCUT2D eigenvalue weighted by Gasteiger charge is -2.36. The van der Waals surface area contributed by atoms with Crippen molar-refractivity contribution >= 4 is 44.6 Å². The second-order valence-corrected chi connectivity index (χ2v) is 11.9. The molecular weight excluding hydrogens is 452 g/mol. The number of hydrogen-bond acceptors (Lipinski definition) is 6. The molecule has 6 nitrogen and oxygen atoms in total. The molecule has 0 unspecified atom stereocenters. The first-order valence-corrected chi connectivity index (χ1v) is 13.1. The summed E-state index contributed by atoms with van der Waals surface area (Å²) in [4.78, 5) is 33.0. The minimum absolute atomic E-state index is 0.0661. The maximum atomic E-state index is 13.7. The number of nitrogens with zero attached hydrogens (tertiary/aromatic N) is 2. The van der Waals surface area contributed by atoms with Crippen molar-refractivity contribution in [3.63, 3.8) is 0 Å². The molecule has 1 fully saturated rings. The predicted molar refractivity (Wildman–Crippen MR) is 136 cm³/mol. The molecule has 176 valence electrons. The summed E-state index contributed by atoms with van der Waals surface area (Å²) in [5.74, 6) is -0.0894. The molecule has 4 atom stereocenters. The van der Waals surface area contributed by atoms with E-state index < -0.39 is 17.5 Å². The van der Waals surface area contributed by atoms with E-state index in [1.807, 2.05) is 25.7 Å². The molecule has 3 aromatic rings. The van der Waals surface area contributed by atoms with Crippen molar-refractivity contribution in [1.29, 1.82) is 0 Å². The van der Waals surface area contributed by atoms with Crippen LogP contribution in [-0.2, 0) is 9.59 Å². The zero-order chi connectivity index (χ0) is 23.9. The number of hydrogen-bond donors (Lipinski definition) is 2. The number of aromatic nitrogens is 1. The van der Waals surface area contributed by atoms with E-state index in [0.29, 0.717) is 6.54 Å².